The predicted molar refractivity (Wildman–Crippen MR) is 137 cm³/mol. The average molecular weight is 557 g/mol. The summed E-state index contributed by atoms with van der Waals surface area (Å²) in [6.07, 6.45) is -0.389. The van der Waals surface area contributed by atoms with Crippen LogP contribution in [0.3, 0.4) is 0 Å². The Morgan fingerprint density at radius 2 is 1.77 bits per heavy atom. The van der Waals surface area contributed by atoms with Gasteiger partial charge in [0.05, 0.1) is 18.6 Å². The van der Waals surface area contributed by atoms with Crippen molar-refractivity contribution in [2.24, 2.45) is 5.92 Å². The lowest BCUT2D eigenvalue weighted by atomic mass is 9.87. The van der Waals surface area contributed by atoms with Gasteiger partial charge in [-0.05, 0) is 59.2 Å². The third-order valence-electron chi connectivity index (χ3n) is 6.72. The summed E-state index contributed by atoms with van der Waals surface area (Å²) in [5.74, 6) is -0.977. The molecule has 0 aromatic heterocycles. The Labute approximate surface area is 217 Å². The fourth-order valence-corrected chi connectivity index (χ4v) is 5.24. The van der Waals surface area contributed by atoms with Gasteiger partial charge in [-0.25, -0.2) is 9.18 Å². The Morgan fingerprint density at radius 3 is 2.34 bits per heavy atom. The quantitative estimate of drug-likeness (QED) is 0.547. The summed E-state index contributed by atoms with van der Waals surface area (Å²) in [6, 6.07) is 4.77. The van der Waals surface area contributed by atoms with Gasteiger partial charge in [-0.15, -0.1) is 0 Å². The summed E-state index contributed by atoms with van der Waals surface area (Å²) in [6.45, 7) is 14.4. The van der Waals surface area contributed by atoms with Crippen LogP contribution in [0.1, 0.15) is 53.0 Å². The first kappa shape index (κ1) is 27.9. The molecule has 35 heavy (non-hydrogen) atoms. The number of carbonyl (C=O) groups excluding carboxylic acids is 2. The number of methoxy groups -OCH3 is 1. The number of rotatable bonds is 4. The number of amides is 2. The number of nitrogens with zero attached hydrogens (tertiary/aromatic N) is 3. The van der Waals surface area contributed by atoms with Gasteiger partial charge in [0.25, 0.3) is 0 Å². The summed E-state index contributed by atoms with van der Waals surface area (Å²) >= 11 is 3.33. The van der Waals surface area contributed by atoms with E-state index in [2.05, 4.69) is 41.6 Å². The molecule has 0 aliphatic carbocycles. The van der Waals surface area contributed by atoms with Crippen LogP contribution >= 0.6 is 15.9 Å². The fraction of sp³-hybridized carbons (Fsp3) is 0.692. The second-order valence-electron chi connectivity index (χ2n) is 11.5. The lowest BCUT2D eigenvalue weighted by Gasteiger charge is -2.42. The molecule has 2 saturated heterocycles. The van der Waals surface area contributed by atoms with Crippen LogP contribution in [0.4, 0.5) is 9.18 Å². The molecular formula is C26H39BrFN3O4. The van der Waals surface area contributed by atoms with Crippen LogP contribution in [0.25, 0.3) is 0 Å². The molecule has 1 aromatic carbocycles. The lowest BCUT2D eigenvalue weighted by molar-refractivity contribution is -0.142. The third-order valence-corrected chi connectivity index (χ3v) is 7.22. The summed E-state index contributed by atoms with van der Waals surface area (Å²) in [4.78, 5) is 32.4. The molecule has 2 heterocycles. The first-order chi connectivity index (χ1) is 16.2. The minimum absolute atomic E-state index is 0.0186. The van der Waals surface area contributed by atoms with Gasteiger partial charge < -0.3 is 19.3 Å². The largest absolute Gasteiger partial charge is 0.444 e. The highest BCUT2D eigenvalue weighted by molar-refractivity contribution is 9.10. The normalized spacial score (nSPS) is 24.1. The van der Waals surface area contributed by atoms with Crippen LogP contribution in [-0.2, 0) is 14.3 Å². The van der Waals surface area contributed by atoms with Gasteiger partial charge in [-0.2, -0.15) is 0 Å². The van der Waals surface area contributed by atoms with Crippen molar-refractivity contribution in [2.45, 2.75) is 64.6 Å². The number of piperazine rings is 1. The molecule has 9 heteroatoms. The van der Waals surface area contributed by atoms with Crippen molar-refractivity contribution < 1.29 is 23.5 Å². The van der Waals surface area contributed by atoms with Gasteiger partial charge in [-0.1, -0.05) is 22.0 Å². The van der Waals surface area contributed by atoms with Gasteiger partial charge in [0, 0.05) is 55.8 Å². The van der Waals surface area contributed by atoms with E-state index in [0.29, 0.717) is 49.4 Å². The predicted octanol–water partition coefficient (Wildman–Crippen LogP) is 4.50. The number of hydrogen-bond acceptors (Lipinski definition) is 5. The van der Waals surface area contributed by atoms with Crippen molar-refractivity contribution in [3.63, 3.8) is 0 Å². The van der Waals surface area contributed by atoms with Gasteiger partial charge in [-0.3, -0.25) is 9.69 Å². The minimum Gasteiger partial charge on any atom is -0.444 e. The summed E-state index contributed by atoms with van der Waals surface area (Å²) in [5, 5.41) is 0. The number of benzene rings is 1. The minimum atomic E-state index is -0.594. The molecule has 2 fully saturated rings. The Balaban J connectivity index is 1.85. The maximum Gasteiger partial charge on any atom is 0.410 e. The molecule has 2 amide bonds. The van der Waals surface area contributed by atoms with Gasteiger partial charge >= 0.3 is 6.09 Å². The molecule has 2 unspecified atom stereocenters. The van der Waals surface area contributed by atoms with E-state index in [9.17, 15) is 9.59 Å². The maximum absolute atomic E-state index is 15.0. The molecule has 0 radical (unpaired) electrons. The van der Waals surface area contributed by atoms with E-state index in [-0.39, 0.29) is 35.3 Å². The Kier molecular flexibility index (Phi) is 8.54. The van der Waals surface area contributed by atoms with E-state index in [0.717, 1.165) is 0 Å². The van der Waals surface area contributed by atoms with Gasteiger partial charge in [0.1, 0.15) is 11.4 Å². The second-order valence-corrected chi connectivity index (χ2v) is 12.4. The molecular weight excluding hydrogens is 517 g/mol. The standard InChI is InChI=1S/C26H39BrFN3O4/c1-25(2,3)30-14-20(19-9-8-17(27)12-22(19)28)21(15-30)23(32)31-11-10-29(13-18(31)16-34-7)24(33)35-26(4,5)6/h8-9,12,18,20-21H,10-11,13-16H2,1-7H3/t18-,20?,21?/m1/s1. The average Bonchev–Trinajstić information content (AvgIpc) is 3.18. The fourth-order valence-electron chi connectivity index (χ4n) is 4.90. The van der Waals surface area contributed by atoms with E-state index in [4.69, 9.17) is 9.47 Å². The number of likely N-dealkylation sites (tertiary alicyclic amines) is 1. The van der Waals surface area contributed by atoms with Crippen LogP contribution in [0, 0.1) is 11.7 Å². The van der Waals surface area contributed by atoms with Crippen LogP contribution in [0.5, 0.6) is 0 Å². The van der Waals surface area contributed by atoms with E-state index in [1.165, 1.54) is 6.07 Å². The topological polar surface area (TPSA) is 62.3 Å². The first-order valence-corrected chi connectivity index (χ1v) is 13.0. The van der Waals surface area contributed by atoms with Gasteiger partial charge in [0.2, 0.25) is 5.91 Å². The molecule has 7 nitrogen and oxygen atoms in total. The van der Waals surface area contributed by atoms with Gasteiger partial charge in [0.15, 0.2) is 0 Å². The van der Waals surface area contributed by atoms with Crippen LogP contribution in [0.2, 0.25) is 0 Å². The molecule has 196 valence electrons. The van der Waals surface area contributed by atoms with E-state index >= 15 is 4.39 Å². The van der Waals surface area contributed by atoms with E-state index in [1.807, 2.05) is 31.7 Å². The molecule has 2 aliphatic rings. The third kappa shape index (κ3) is 6.74. The number of ether oxygens (including phenoxy) is 2. The lowest BCUT2D eigenvalue weighted by Crippen LogP contribution is -2.60. The van der Waals surface area contributed by atoms with E-state index in [1.54, 1.807) is 18.1 Å². The van der Waals surface area contributed by atoms with Crippen LogP contribution in [-0.4, -0.2) is 90.3 Å². The summed E-state index contributed by atoms with van der Waals surface area (Å²) in [5.41, 5.74) is -0.183. The van der Waals surface area contributed by atoms with Crippen LogP contribution in [0.15, 0.2) is 22.7 Å². The molecule has 3 rings (SSSR count). The highest BCUT2D eigenvalue weighted by Crippen LogP contribution is 2.39. The van der Waals surface area contributed by atoms with Crippen molar-refractivity contribution in [3.8, 4) is 0 Å². The van der Waals surface area contributed by atoms with Crippen molar-refractivity contribution >= 4 is 27.9 Å². The molecule has 0 bridgehead atoms. The SMILES string of the molecule is COC[C@H]1CN(C(=O)OC(C)(C)C)CCN1C(=O)C1CN(C(C)(C)C)CC1c1ccc(Br)cc1F. The molecule has 3 atom stereocenters. The van der Waals surface area contributed by atoms with Crippen molar-refractivity contribution in [3.05, 3.63) is 34.1 Å². The zero-order valence-electron chi connectivity index (χ0n) is 21.9. The Hall–Kier alpha value is -1.71. The monoisotopic (exact) mass is 555 g/mol. The van der Waals surface area contributed by atoms with Crippen LogP contribution < -0.4 is 0 Å². The molecule has 0 N–H and O–H groups in total. The van der Waals surface area contributed by atoms with E-state index < -0.39 is 11.5 Å². The summed E-state index contributed by atoms with van der Waals surface area (Å²) < 4.78 is 26.7. The highest BCUT2D eigenvalue weighted by Gasteiger charge is 2.46. The molecule has 1 aromatic rings. The first-order valence-electron chi connectivity index (χ1n) is 12.2. The number of carbonyl (C=O) groups is 2. The smallest absolute Gasteiger partial charge is 0.410 e. The number of hydrogen-bond donors (Lipinski definition) is 0. The zero-order chi connectivity index (χ0) is 26.1. The number of halogens is 2. The Morgan fingerprint density at radius 1 is 1.09 bits per heavy atom. The van der Waals surface area contributed by atoms with Crippen molar-refractivity contribution in [1.29, 1.82) is 0 Å². The highest BCUT2D eigenvalue weighted by atomic mass is 79.9. The molecule has 0 spiro atoms. The van der Waals surface area contributed by atoms with Crippen molar-refractivity contribution in [1.82, 2.24) is 14.7 Å². The Bertz CT molecular complexity index is 930. The summed E-state index contributed by atoms with van der Waals surface area (Å²) in [7, 11) is 1.59. The maximum atomic E-state index is 15.0. The molecule has 0 saturated carbocycles. The van der Waals surface area contributed by atoms with Crippen molar-refractivity contribution in [2.75, 3.05) is 46.4 Å². The zero-order valence-corrected chi connectivity index (χ0v) is 23.5. The molecule has 2 aliphatic heterocycles. The second kappa shape index (κ2) is 10.7.